The summed E-state index contributed by atoms with van der Waals surface area (Å²) in [7, 11) is 2.06. The molecule has 5 aromatic rings. The molecule has 4 bridgehead atoms. The molecular weight excluding hydrogens is 695 g/mol. The monoisotopic (exact) mass is 747 g/mol. The molecule has 0 saturated heterocycles. The number of hydrogen-bond acceptors (Lipinski definition) is 11. The molecule has 1 aliphatic heterocycles. The van der Waals surface area contributed by atoms with Gasteiger partial charge in [-0.2, -0.15) is 5.10 Å². The van der Waals surface area contributed by atoms with Crippen LogP contribution in [-0.2, 0) is 17.7 Å². The highest BCUT2D eigenvalue weighted by Crippen LogP contribution is 2.72. The Morgan fingerprint density at radius 3 is 2.54 bits per heavy atom. The van der Waals surface area contributed by atoms with Gasteiger partial charge in [-0.3, -0.25) is 4.68 Å². The molecule has 54 heavy (non-hydrogen) atoms. The van der Waals surface area contributed by atoms with Gasteiger partial charge in [-0.05, 0) is 113 Å². The van der Waals surface area contributed by atoms with Crippen LogP contribution in [0.5, 0.6) is 0 Å². The van der Waals surface area contributed by atoms with Gasteiger partial charge >= 0.3 is 0 Å². The standard InChI is InChI=1S/C42H53N9O2S/c1-28-31-9-8-14-50(37(31)48-47-36(28)46-38-45-33-10-6-7-11-34(33)54-38)35-13-12-30(19-43-35)32-20-44-51(29(32)2)27-41-22-39(3)21-40(4,23-41)25-42(24-39,26-41)53-18-16-49(5)15-17-52/h6-7,10-13,19-20,52H,8-9,14-18,21-27H2,1-5H3,(H,45,46,47). The van der Waals surface area contributed by atoms with Gasteiger partial charge in [0.05, 0.1) is 35.2 Å². The fraction of sp³-hybridized carbons (Fsp3) is 0.548. The number of benzene rings is 1. The first kappa shape index (κ1) is 35.7. The average Bonchev–Trinajstić information content (AvgIpc) is 3.69. The molecule has 4 aliphatic carbocycles. The summed E-state index contributed by atoms with van der Waals surface area (Å²) in [4.78, 5) is 14.1. The number of hydrogen-bond donors (Lipinski definition) is 2. The summed E-state index contributed by atoms with van der Waals surface area (Å²) < 4.78 is 10.3. The van der Waals surface area contributed by atoms with Gasteiger partial charge in [-0.25, -0.2) is 9.97 Å². The second-order valence-electron chi connectivity index (χ2n) is 17.8. The van der Waals surface area contributed by atoms with E-state index in [1.165, 1.54) is 30.5 Å². The van der Waals surface area contributed by atoms with Crippen LogP contribution >= 0.6 is 11.3 Å². The zero-order valence-corrected chi connectivity index (χ0v) is 33.2. The SMILES string of the molecule is Cc1c(Nc2nc3ccccc3s2)nnc2c1CCCN2c1ccc(-c2cnn(CC34CC5(C)CC(C)(C3)CC(OCCN(C)CCO)(C5)C4)c2C)cn1. The molecule has 284 valence electrons. The van der Waals surface area contributed by atoms with Gasteiger partial charge in [-0.1, -0.05) is 37.3 Å². The van der Waals surface area contributed by atoms with Crippen molar-refractivity contribution in [2.45, 2.75) is 91.2 Å². The number of aliphatic hydroxyl groups is 1. The fourth-order valence-corrected chi connectivity index (χ4v) is 12.6. The maximum atomic E-state index is 9.37. The first-order chi connectivity index (χ1) is 26.0. The van der Waals surface area contributed by atoms with E-state index in [0.29, 0.717) is 13.2 Å². The Morgan fingerprint density at radius 1 is 0.963 bits per heavy atom. The van der Waals surface area contributed by atoms with E-state index in [0.717, 1.165) is 101 Å². The van der Waals surface area contributed by atoms with Crippen LogP contribution in [0.15, 0.2) is 48.8 Å². The molecule has 0 spiro atoms. The Hall–Kier alpha value is -3.97. The normalized spacial score (nSPS) is 27.3. The van der Waals surface area contributed by atoms with Crippen molar-refractivity contribution in [3.8, 4) is 11.1 Å². The minimum absolute atomic E-state index is 0.0770. The lowest BCUT2D eigenvalue weighted by molar-refractivity contribution is -0.248. The minimum atomic E-state index is -0.0770. The molecule has 5 heterocycles. The van der Waals surface area contributed by atoms with E-state index in [1.54, 1.807) is 11.3 Å². The van der Waals surface area contributed by atoms with Crippen LogP contribution in [0.3, 0.4) is 0 Å². The number of nitrogens with zero attached hydrogens (tertiary/aromatic N) is 8. The van der Waals surface area contributed by atoms with Crippen molar-refractivity contribution in [2.75, 3.05) is 50.1 Å². The van der Waals surface area contributed by atoms with E-state index in [2.05, 4.69) is 77.8 Å². The van der Waals surface area contributed by atoms with Gasteiger partial charge in [0, 0.05) is 60.3 Å². The maximum Gasteiger partial charge on any atom is 0.189 e. The van der Waals surface area contributed by atoms with Crippen molar-refractivity contribution in [2.24, 2.45) is 16.2 Å². The summed E-state index contributed by atoms with van der Waals surface area (Å²) in [5, 5.41) is 28.0. The number of pyridine rings is 1. The molecule has 2 N–H and O–H groups in total. The summed E-state index contributed by atoms with van der Waals surface area (Å²) in [6.07, 6.45) is 13.1. The molecule has 2 unspecified atom stereocenters. The van der Waals surface area contributed by atoms with Gasteiger partial charge in [0.1, 0.15) is 5.82 Å². The third-order valence-electron chi connectivity index (χ3n) is 12.8. The first-order valence-corrected chi connectivity index (χ1v) is 20.5. The molecular formula is C42H53N9O2S. The molecule has 2 atom stereocenters. The lowest BCUT2D eigenvalue weighted by Crippen LogP contribution is -2.64. The molecule has 12 heteroatoms. The van der Waals surface area contributed by atoms with Crippen LogP contribution < -0.4 is 10.2 Å². The van der Waals surface area contributed by atoms with Crippen molar-refractivity contribution in [1.82, 2.24) is 34.8 Å². The third kappa shape index (κ3) is 6.48. The summed E-state index contributed by atoms with van der Waals surface area (Å²) in [5.74, 6) is 2.52. The third-order valence-corrected chi connectivity index (χ3v) is 13.8. The van der Waals surface area contributed by atoms with Gasteiger partial charge in [0.25, 0.3) is 0 Å². The molecule has 0 radical (unpaired) electrons. The summed E-state index contributed by atoms with van der Waals surface area (Å²) in [6.45, 7) is 13.5. The molecule has 0 amide bonds. The number of aliphatic hydroxyl groups excluding tert-OH is 1. The summed E-state index contributed by atoms with van der Waals surface area (Å²) in [5.41, 5.74) is 7.35. The predicted molar refractivity (Wildman–Crippen MR) is 215 cm³/mol. The molecule has 1 aromatic carbocycles. The number of rotatable bonds is 12. The van der Waals surface area contributed by atoms with Crippen LogP contribution in [0.1, 0.15) is 75.6 Å². The predicted octanol–water partition coefficient (Wildman–Crippen LogP) is 7.85. The summed E-state index contributed by atoms with van der Waals surface area (Å²) >= 11 is 1.63. The zero-order valence-electron chi connectivity index (χ0n) is 32.4. The van der Waals surface area contributed by atoms with Crippen LogP contribution in [0.25, 0.3) is 21.3 Å². The van der Waals surface area contributed by atoms with Crippen LogP contribution in [0.4, 0.5) is 22.6 Å². The Morgan fingerprint density at radius 2 is 1.78 bits per heavy atom. The maximum absolute atomic E-state index is 9.37. The molecule has 4 saturated carbocycles. The van der Waals surface area contributed by atoms with Gasteiger partial charge in [-0.15, -0.1) is 10.2 Å². The smallest absolute Gasteiger partial charge is 0.189 e. The van der Waals surface area contributed by atoms with Gasteiger partial charge in [0.2, 0.25) is 0 Å². The second-order valence-corrected chi connectivity index (χ2v) is 18.8. The number of fused-ring (bicyclic) bond motifs is 2. The lowest BCUT2D eigenvalue weighted by atomic mass is 9.39. The Bertz CT molecular complexity index is 2130. The fourth-order valence-electron chi connectivity index (χ4n) is 11.7. The van der Waals surface area contributed by atoms with E-state index < -0.39 is 0 Å². The van der Waals surface area contributed by atoms with Gasteiger partial charge in [0.15, 0.2) is 16.8 Å². The number of anilines is 4. The van der Waals surface area contributed by atoms with Crippen LogP contribution in [0.2, 0.25) is 0 Å². The number of nitrogens with one attached hydrogen (secondary N) is 1. The van der Waals surface area contributed by atoms with Crippen LogP contribution in [0, 0.1) is 30.1 Å². The van der Waals surface area contributed by atoms with E-state index >= 15 is 0 Å². The number of thiazole rings is 1. The highest BCUT2D eigenvalue weighted by atomic mass is 32.1. The quantitative estimate of drug-likeness (QED) is 0.131. The summed E-state index contributed by atoms with van der Waals surface area (Å²) in [6, 6.07) is 12.5. The second kappa shape index (κ2) is 13.4. The molecule has 4 aromatic heterocycles. The van der Waals surface area contributed by atoms with E-state index in [1.807, 2.05) is 30.6 Å². The van der Waals surface area contributed by atoms with Crippen LogP contribution in [-0.4, -0.2) is 85.4 Å². The topological polar surface area (TPSA) is 117 Å². The highest BCUT2D eigenvalue weighted by Gasteiger charge is 2.66. The van der Waals surface area contributed by atoms with Crippen molar-refractivity contribution in [1.29, 1.82) is 0 Å². The van der Waals surface area contributed by atoms with E-state index in [9.17, 15) is 5.11 Å². The van der Waals surface area contributed by atoms with Crippen molar-refractivity contribution in [3.05, 3.63) is 65.6 Å². The van der Waals surface area contributed by atoms with Crippen molar-refractivity contribution in [3.63, 3.8) is 0 Å². The number of ether oxygens (including phenoxy) is 1. The van der Waals surface area contributed by atoms with Gasteiger partial charge < -0.3 is 25.0 Å². The van der Waals surface area contributed by atoms with E-state index in [4.69, 9.17) is 24.9 Å². The van der Waals surface area contributed by atoms with E-state index in [-0.39, 0.29) is 28.5 Å². The minimum Gasteiger partial charge on any atom is -0.395 e. The Labute approximate surface area is 322 Å². The average molecular weight is 748 g/mol. The lowest BCUT2D eigenvalue weighted by Gasteiger charge is -2.69. The first-order valence-electron chi connectivity index (χ1n) is 19.6. The zero-order chi connectivity index (χ0) is 37.3. The number of para-hydroxylation sites is 1. The number of likely N-dealkylation sites (N-methyl/N-ethyl adjacent to an activating group) is 1. The largest absolute Gasteiger partial charge is 0.395 e. The Balaban J connectivity index is 0.917. The molecule has 4 fully saturated rings. The Kier molecular flexibility index (Phi) is 8.83. The number of aromatic nitrogens is 6. The highest BCUT2D eigenvalue weighted by molar-refractivity contribution is 7.22. The molecule has 10 rings (SSSR count). The molecule has 11 nitrogen and oxygen atoms in total. The van der Waals surface area contributed by atoms with Crippen molar-refractivity contribution < 1.29 is 9.84 Å². The van der Waals surface area contributed by atoms with Crippen molar-refractivity contribution >= 4 is 44.1 Å². The molecule has 5 aliphatic rings.